The number of benzene rings is 1. The van der Waals surface area contributed by atoms with Crippen molar-refractivity contribution < 1.29 is 9.32 Å². The van der Waals surface area contributed by atoms with Crippen LogP contribution in [0, 0.1) is 0 Å². The molecule has 11 nitrogen and oxygen atoms in total. The number of hydrazine groups is 1. The molecule has 28 heavy (non-hydrogen) atoms. The van der Waals surface area contributed by atoms with Crippen molar-refractivity contribution in [3.8, 4) is 11.1 Å². The van der Waals surface area contributed by atoms with Gasteiger partial charge in [0.25, 0.3) is 0 Å². The van der Waals surface area contributed by atoms with Crippen molar-refractivity contribution >= 4 is 34.6 Å². The van der Waals surface area contributed by atoms with Gasteiger partial charge in [-0.25, -0.2) is 25.7 Å². The Balaban J connectivity index is 2.58. The summed E-state index contributed by atoms with van der Waals surface area (Å²) in [6, 6.07) is 6.45. The van der Waals surface area contributed by atoms with E-state index in [1.165, 1.54) is 0 Å². The van der Waals surface area contributed by atoms with Crippen LogP contribution in [0.2, 0.25) is 0 Å². The third-order valence-electron chi connectivity index (χ3n) is 3.62. The molecular weight excluding hydrogens is 402 g/mol. The quantitative estimate of drug-likeness (QED) is 0.0749. The van der Waals surface area contributed by atoms with Gasteiger partial charge in [-0.05, 0) is 35.7 Å². The van der Waals surface area contributed by atoms with E-state index in [4.69, 9.17) is 33.3 Å². The maximum Gasteiger partial charge on any atom is 0.154 e. The number of hydrogen-bond acceptors (Lipinski definition) is 10. The summed E-state index contributed by atoms with van der Waals surface area (Å²) in [7, 11) is -1.90. The summed E-state index contributed by atoms with van der Waals surface area (Å²) in [4.78, 5) is 4.90. The lowest BCUT2D eigenvalue weighted by atomic mass is 10.0. The van der Waals surface area contributed by atoms with E-state index >= 15 is 0 Å². The Morgan fingerprint density at radius 1 is 1.36 bits per heavy atom. The number of aliphatic hydroxyl groups is 1. The van der Waals surface area contributed by atoms with Gasteiger partial charge >= 0.3 is 0 Å². The van der Waals surface area contributed by atoms with Crippen LogP contribution in [0.1, 0.15) is 5.56 Å². The average molecular weight is 426 g/mol. The summed E-state index contributed by atoms with van der Waals surface area (Å²) in [6.07, 6.45) is 1.56. The molecule has 0 fully saturated rings. The first-order chi connectivity index (χ1) is 13.4. The maximum atomic E-state index is 12.4. The zero-order valence-corrected chi connectivity index (χ0v) is 16.5. The van der Waals surface area contributed by atoms with E-state index in [9.17, 15) is 4.21 Å². The van der Waals surface area contributed by atoms with Gasteiger partial charge < -0.3 is 22.3 Å². The SMILES string of the molecule is NN/N=C(\N)c1c(-c2ccc(N)nc2)ccc(SNCC(N)CO)c1S(N)=O. The van der Waals surface area contributed by atoms with E-state index in [0.29, 0.717) is 33.9 Å². The number of pyridine rings is 1. The van der Waals surface area contributed by atoms with Crippen molar-refractivity contribution in [2.45, 2.75) is 15.8 Å². The van der Waals surface area contributed by atoms with Crippen LogP contribution in [0.5, 0.6) is 0 Å². The second-order valence-electron chi connectivity index (χ2n) is 5.60. The van der Waals surface area contributed by atoms with Crippen LogP contribution in [0.3, 0.4) is 0 Å². The molecule has 13 heteroatoms. The van der Waals surface area contributed by atoms with E-state index in [1.54, 1.807) is 30.5 Å². The highest BCUT2D eigenvalue weighted by atomic mass is 32.2. The molecule has 2 unspecified atom stereocenters. The van der Waals surface area contributed by atoms with E-state index in [-0.39, 0.29) is 17.3 Å². The molecule has 0 aliphatic heterocycles. The number of nitrogens with two attached hydrogens (primary N) is 5. The molecule has 1 aromatic heterocycles. The standard InChI is InChI=1S/C15H23N9O2S2/c16-9(7-25)6-22-27-11-3-2-10(8-1-4-12(17)21-5-8)13(14(11)28(20)26)15(18)23-24-19/h1-5,9,22,24-25H,6-7,16,19-20H2,(H2,17,21)(H2,18,23). The third-order valence-corrected chi connectivity index (χ3v) is 5.45. The van der Waals surface area contributed by atoms with Gasteiger partial charge in [0, 0.05) is 34.8 Å². The fraction of sp³-hybridized carbons (Fsp3) is 0.200. The molecule has 2 aromatic rings. The fourth-order valence-electron chi connectivity index (χ4n) is 2.32. The zero-order valence-electron chi connectivity index (χ0n) is 14.8. The fourth-order valence-corrected chi connectivity index (χ4v) is 4.16. The molecule has 0 aliphatic rings. The molecule has 0 radical (unpaired) electrons. The highest BCUT2D eigenvalue weighted by Crippen LogP contribution is 2.33. The van der Waals surface area contributed by atoms with Gasteiger partial charge in [-0.3, -0.25) is 4.72 Å². The predicted molar refractivity (Wildman–Crippen MR) is 112 cm³/mol. The smallest absolute Gasteiger partial charge is 0.154 e. The molecule has 0 saturated carbocycles. The van der Waals surface area contributed by atoms with Gasteiger partial charge in [-0.2, -0.15) is 0 Å². The molecule has 0 bridgehead atoms. The first kappa shape index (κ1) is 22.0. The molecule has 1 aromatic carbocycles. The Labute approximate surface area is 168 Å². The Bertz CT molecular complexity index is 861. The Hall–Kier alpha value is -2.26. The summed E-state index contributed by atoms with van der Waals surface area (Å²) in [5.41, 5.74) is 21.2. The predicted octanol–water partition coefficient (Wildman–Crippen LogP) is -1.69. The minimum absolute atomic E-state index is 0.00219. The molecule has 13 N–H and O–H groups in total. The summed E-state index contributed by atoms with van der Waals surface area (Å²) in [6.45, 7) is 0.157. The number of amidine groups is 1. The summed E-state index contributed by atoms with van der Waals surface area (Å²) >= 11 is 1.16. The van der Waals surface area contributed by atoms with Crippen LogP contribution in [0.25, 0.3) is 11.1 Å². The molecule has 0 aliphatic carbocycles. The van der Waals surface area contributed by atoms with Crippen molar-refractivity contribution in [2.24, 2.45) is 27.6 Å². The lowest BCUT2D eigenvalue weighted by molar-refractivity contribution is 0.267. The van der Waals surface area contributed by atoms with Crippen molar-refractivity contribution in [3.63, 3.8) is 0 Å². The van der Waals surface area contributed by atoms with Crippen molar-refractivity contribution in [3.05, 3.63) is 36.0 Å². The number of nitrogens with zero attached hydrogens (tertiary/aromatic N) is 2. The lowest BCUT2D eigenvalue weighted by Crippen LogP contribution is -2.34. The van der Waals surface area contributed by atoms with E-state index in [1.807, 2.05) is 0 Å². The van der Waals surface area contributed by atoms with Crippen LogP contribution in [0.15, 0.2) is 45.4 Å². The molecule has 1 heterocycles. The Morgan fingerprint density at radius 3 is 2.68 bits per heavy atom. The van der Waals surface area contributed by atoms with E-state index < -0.39 is 17.0 Å². The van der Waals surface area contributed by atoms with Gasteiger partial charge in [0.1, 0.15) is 16.8 Å². The number of nitrogen functional groups attached to an aromatic ring is 1. The third kappa shape index (κ3) is 5.39. The van der Waals surface area contributed by atoms with Gasteiger partial charge in [-0.1, -0.05) is 6.07 Å². The average Bonchev–Trinajstić information content (AvgIpc) is 2.68. The Morgan fingerprint density at radius 2 is 2.11 bits per heavy atom. The molecule has 0 spiro atoms. The van der Waals surface area contributed by atoms with Crippen molar-refractivity contribution in [1.82, 2.24) is 15.2 Å². The van der Waals surface area contributed by atoms with Crippen LogP contribution in [-0.2, 0) is 11.0 Å². The Kier molecular flexibility index (Phi) is 8.13. The van der Waals surface area contributed by atoms with Gasteiger partial charge in [0.15, 0.2) is 5.84 Å². The van der Waals surface area contributed by atoms with Crippen LogP contribution >= 0.6 is 11.9 Å². The molecular formula is C15H23N9O2S2. The minimum atomic E-state index is -1.90. The summed E-state index contributed by atoms with van der Waals surface area (Å²) in [5, 5.41) is 18.6. The first-order valence-electron chi connectivity index (χ1n) is 7.99. The van der Waals surface area contributed by atoms with Crippen molar-refractivity contribution in [1.29, 1.82) is 0 Å². The summed E-state index contributed by atoms with van der Waals surface area (Å²) < 4.78 is 15.4. The van der Waals surface area contributed by atoms with Crippen LogP contribution in [0.4, 0.5) is 5.82 Å². The van der Waals surface area contributed by atoms with Crippen LogP contribution in [-0.4, -0.2) is 39.3 Å². The minimum Gasteiger partial charge on any atom is -0.395 e. The number of hydrogen-bond donors (Lipinski definition) is 8. The van der Waals surface area contributed by atoms with E-state index in [0.717, 1.165) is 11.9 Å². The second-order valence-corrected chi connectivity index (χ2v) is 7.54. The maximum absolute atomic E-state index is 12.4. The van der Waals surface area contributed by atoms with Gasteiger partial charge in [-0.15, -0.1) is 5.10 Å². The second kappa shape index (κ2) is 10.3. The topological polar surface area (TPSA) is 217 Å². The highest BCUT2D eigenvalue weighted by molar-refractivity contribution is 7.98. The normalized spacial score (nSPS) is 13.9. The lowest BCUT2D eigenvalue weighted by Gasteiger charge is -2.17. The summed E-state index contributed by atoms with van der Waals surface area (Å²) in [5.74, 6) is 5.61. The number of hydrazone groups is 1. The number of nitrogens with one attached hydrogen (secondary N) is 2. The molecule has 2 rings (SSSR count). The largest absolute Gasteiger partial charge is 0.395 e. The molecule has 0 saturated heterocycles. The van der Waals surface area contributed by atoms with Gasteiger partial charge in [0.2, 0.25) is 0 Å². The molecule has 2 atom stereocenters. The number of aliphatic hydroxyl groups excluding tert-OH is 1. The van der Waals surface area contributed by atoms with Crippen molar-refractivity contribution in [2.75, 3.05) is 18.9 Å². The van der Waals surface area contributed by atoms with Gasteiger partial charge in [0.05, 0.1) is 11.5 Å². The monoisotopic (exact) mass is 425 g/mol. The number of rotatable bonds is 9. The van der Waals surface area contributed by atoms with E-state index in [2.05, 4.69) is 20.3 Å². The molecule has 0 amide bonds. The highest BCUT2D eigenvalue weighted by Gasteiger charge is 2.22. The number of anilines is 1. The number of aromatic nitrogens is 1. The zero-order chi connectivity index (χ0) is 20.7. The first-order valence-corrected chi connectivity index (χ1v) is 10.0. The van der Waals surface area contributed by atoms with Crippen LogP contribution < -0.4 is 38.4 Å². The molecule has 152 valence electrons.